The Kier molecular flexibility index (Phi) is 3.54. The van der Waals surface area contributed by atoms with E-state index in [1.807, 2.05) is 0 Å². The maximum absolute atomic E-state index is 11.8. The molecule has 0 radical (unpaired) electrons. The highest BCUT2D eigenvalue weighted by Crippen LogP contribution is 2.34. The molecule has 0 unspecified atom stereocenters. The van der Waals surface area contributed by atoms with Gasteiger partial charge in [0.1, 0.15) is 5.54 Å². The molecule has 0 spiro atoms. The van der Waals surface area contributed by atoms with Gasteiger partial charge in [-0.05, 0) is 19.3 Å². The van der Waals surface area contributed by atoms with E-state index < -0.39 is 17.6 Å². The number of ether oxygens (including phenoxy) is 1. The van der Waals surface area contributed by atoms with E-state index in [0.29, 0.717) is 26.0 Å². The number of carboxylic acid groups (broad SMARTS) is 1. The van der Waals surface area contributed by atoms with Gasteiger partial charge in [0, 0.05) is 6.54 Å². The molecule has 1 saturated heterocycles. The van der Waals surface area contributed by atoms with Crippen molar-refractivity contribution < 1.29 is 19.4 Å². The molecule has 2 aliphatic rings. The predicted molar refractivity (Wildman–Crippen MR) is 60.7 cm³/mol. The Hall–Kier alpha value is -1.26. The number of hydrogen-bond acceptors (Lipinski definition) is 3. The molecule has 1 saturated carbocycles. The first-order valence-corrected chi connectivity index (χ1v) is 6.35. The Balaban J connectivity index is 2.25. The van der Waals surface area contributed by atoms with Gasteiger partial charge in [-0.25, -0.2) is 9.59 Å². The van der Waals surface area contributed by atoms with Crippen molar-refractivity contribution in [2.24, 2.45) is 0 Å². The van der Waals surface area contributed by atoms with E-state index in [1.165, 1.54) is 4.90 Å². The number of cyclic esters (lactones) is 1. The van der Waals surface area contributed by atoms with Crippen LogP contribution in [-0.2, 0) is 9.53 Å². The maximum Gasteiger partial charge on any atom is 0.410 e. The van der Waals surface area contributed by atoms with Crippen molar-refractivity contribution in [1.82, 2.24) is 4.90 Å². The van der Waals surface area contributed by atoms with Gasteiger partial charge in [0.2, 0.25) is 0 Å². The first kappa shape index (κ1) is 12.2. The third-order valence-corrected chi connectivity index (χ3v) is 3.82. The number of aliphatic carboxylic acids is 1. The van der Waals surface area contributed by atoms with Crippen molar-refractivity contribution in [3.8, 4) is 0 Å². The van der Waals surface area contributed by atoms with Crippen molar-refractivity contribution in [2.45, 2.75) is 50.5 Å². The standard InChI is InChI=1S/C12H19NO4/c14-10(15)12(6-3-1-2-4-7-12)13-8-5-9-17-11(13)16/h1-9H2,(H,14,15). The molecule has 1 amide bonds. The van der Waals surface area contributed by atoms with E-state index in [4.69, 9.17) is 4.74 Å². The van der Waals surface area contributed by atoms with Crippen LogP contribution in [0.1, 0.15) is 44.9 Å². The summed E-state index contributed by atoms with van der Waals surface area (Å²) in [7, 11) is 0. The molecule has 17 heavy (non-hydrogen) atoms. The van der Waals surface area contributed by atoms with Crippen LogP contribution >= 0.6 is 0 Å². The molecule has 0 bridgehead atoms. The van der Waals surface area contributed by atoms with Gasteiger partial charge in [-0.1, -0.05) is 25.7 Å². The Morgan fingerprint density at radius 2 is 1.82 bits per heavy atom. The molecule has 2 rings (SSSR count). The van der Waals surface area contributed by atoms with Crippen molar-refractivity contribution in [3.63, 3.8) is 0 Å². The summed E-state index contributed by atoms with van der Waals surface area (Å²) in [4.78, 5) is 24.8. The summed E-state index contributed by atoms with van der Waals surface area (Å²) in [5.74, 6) is -0.877. The summed E-state index contributed by atoms with van der Waals surface area (Å²) >= 11 is 0. The number of hydrogen-bond donors (Lipinski definition) is 1. The molecule has 0 atom stereocenters. The second kappa shape index (κ2) is 4.94. The van der Waals surface area contributed by atoms with Crippen molar-refractivity contribution in [2.75, 3.05) is 13.2 Å². The van der Waals surface area contributed by atoms with Crippen molar-refractivity contribution >= 4 is 12.1 Å². The van der Waals surface area contributed by atoms with Gasteiger partial charge in [-0.15, -0.1) is 0 Å². The van der Waals surface area contributed by atoms with Crippen LogP contribution in [0.25, 0.3) is 0 Å². The van der Waals surface area contributed by atoms with E-state index in [0.717, 1.165) is 32.1 Å². The molecular formula is C12H19NO4. The van der Waals surface area contributed by atoms with E-state index in [1.54, 1.807) is 0 Å². The summed E-state index contributed by atoms with van der Waals surface area (Å²) in [5, 5.41) is 9.53. The SMILES string of the molecule is O=C1OCCCN1C1(C(=O)O)CCCCCC1. The molecule has 5 nitrogen and oxygen atoms in total. The van der Waals surface area contributed by atoms with Crippen LogP contribution in [0.2, 0.25) is 0 Å². The Labute approximate surface area is 101 Å². The Morgan fingerprint density at radius 3 is 2.35 bits per heavy atom. The molecule has 0 aromatic carbocycles. The zero-order valence-corrected chi connectivity index (χ0v) is 9.98. The normalized spacial score (nSPS) is 24.9. The fraction of sp³-hybridized carbons (Fsp3) is 0.833. The number of nitrogens with zero attached hydrogens (tertiary/aromatic N) is 1. The number of amides is 1. The van der Waals surface area contributed by atoms with Crippen LogP contribution in [0.15, 0.2) is 0 Å². The van der Waals surface area contributed by atoms with Crippen LogP contribution in [0, 0.1) is 0 Å². The molecule has 96 valence electrons. The van der Waals surface area contributed by atoms with Gasteiger partial charge >= 0.3 is 12.1 Å². The molecule has 1 aliphatic carbocycles. The fourth-order valence-corrected chi connectivity index (χ4v) is 2.85. The van der Waals surface area contributed by atoms with E-state index in [2.05, 4.69) is 0 Å². The van der Waals surface area contributed by atoms with Gasteiger partial charge in [0.15, 0.2) is 0 Å². The zero-order valence-electron chi connectivity index (χ0n) is 9.98. The number of carbonyl (C=O) groups excluding carboxylic acids is 1. The van der Waals surface area contributed by atoms with Gasteiger partial charge in [0.25, 0.3) is 0 Å². The van der Waals surface area contributed by atoms with Gasteiger partial charge in [-0.3, -0.25) is 4.90 Å². The molecule has 5 heteroatoms. The summed E-state index contributed by atoms with van der Waals surface area (Å²) in [6.07, 6.45) is 5.22. The maximum atomic E-state index is 11.8. The lowest BCUT2D eigenvalue weighted by atomic mass is 9.88. The number of rotatable bonds is 2. The smallest absolute Gasteiger partial charge is 0.410 e. The minimum atomic E-state index is -1.02. The van der Waals surface area contributed by atoms with Crippen LogP contribution in [0.4, 0.5) is 4.79 Å². The average molecular weight is 241 g/mol. The van der Waals surface area contributed by atoms with Crippen molar-refractivity contribution in [1.29, 1.82) is 0 Å². The molecular weight excluding hydrogens is 222 g/mol. The Bertz CT molecular complexity index is 308. The minimum Gasteiger partial charge on any atom is -0.479 e. The number of carbonyl (C=O) groups is 2. The third-order valence-electron chi connectivity index (χ3n) is 3.82. The van der Waals surface area contributed by atoms with Gasteiger partial charge < -0.3 is 9.84 Å². The summed E-state index contributed by atoms with van der Waals surface area (Å²) in [6.45, 7) is 0.913. The molecule has 2 fully saturated rings. The second-order valence-corrected chi connectivity index (χ2v) is 4.87. The monoisotopic (exact) mass is 241 g/mol. The fourth-order valence-electron chi connectivity index (χ4n) is 2.85. The lowest BCUT2D eigenvalue weighted by molar-refractivity contribution is -0.152. The van der Waals surface area contributed by atoms with E-state index in [-0.39, 0.29) is 0 Å². The second-order valence-electron chi connectivity index (χ2n) is 4.87. The summed E-state index contributed by atoms with van der Waals surface area (Å²) in [6, 6.07) is 0. The molecule has 0 aromatic heterocycles. The van der Waals surface area contributed by atoms with Crippen LogP contribution < -0.4 is 0 Å². The lowest BCUT2D eigenvalue weighted by Gasteiger charge is -2.41. The van der Waals surface area contributed by atoms with Gasteiger partial charge in [0.05, 0.1) is 6.61 Å². The van der Waals surface area contributed by atoms with Crippen LogP contribution in [0.3, 0.4) is 0 Å². The van der Waals surface area contributed by atoms with E-state index >= 15 is 0 Å². The summed E-state index contributed by atoms with van der Waals surface area (Å²) in [5.41, 5.74) is -1.02. The highest BCUT2D eigenvalue weighted by molar-refractivity contribution is 5.84. The molecule has 1 heterocycles. The van der Waals surface area contributed by atoms with E-state index in [9.17, 15) is 14.7 Å². The third kappa shape index (κ3) is 2.23. The highest BCUT2D eigenvalue weighted by atomic mass is 16.6. The van der Waals surface area contributed by atoms with Crippen molar-refractivity contribution in [3.05, 3.63) is 0 Å². The topological polar surface area (TPSA) is 66.8 Å². The predicted octanol–water partition coefficient (Wildman–Crippen LogP) is 2.01. The first-order valence-electron chi connectivity index (χ1n) is 6.35. The highest BCUT2D eigenvalue weighted by Gasteiger charge is 2.47. The van der Waals surface area contributed by atoms with Crippen LogP contribution in [0.5, 0.6) is 0 Å². The number of carboxylic acids is 1. The quantitative estimate of drug-likeness (QED) is 0.751. The van der Waals surface area contributed by atoms with Crippen LogP contribution in [-0.4, -0.2) is 40.8 Å². The molecule has 1 aliphatic heterocycles. The first-order chi connectivity index (χ1) is 8.17. The minimum absolute atomic E-state index is 0.408. The largest absolute Gasteiger partial charge is 0.479 e. The Morgan fingerprint density at radius 1 is 1.18 bits per heavy atom. The lowest BCUT2D eigenvalue weighted by Crippen LogP contribution is -2.59. The zero-order chi connectivity index (χ0) is 12.3. The summed E-state index contributed by atoms with van der Waals surface area (Å²) < 4.78 is 4.98. The van der Waals surface area contributed by atoms with Gasteiger partial charge in [-0.2, -0.15) is 0 Å². The molecule has 0 aromatic rings. The average Bonchev–Trinajstić information content (AvgIpc) is 2.56. The molecule has 1 N–H and O–H groups in total.